The number of pyridine rings is 1. The average Bonchev–Trinajstić information content (AvgIpc) is 2.52. The molecule has 126 valence electrons. The molecule has 2 aromatic rings. The summed E-state index contributed by atoms with van der Waals surface area (Å²) in [4.78, 5) is 27.3. The molecule has 1 heterocycles. The zero-order chi connectivity index (χ0) is 17.7. The van der Waals surface area contributed by atoms with Gasteiger partial charge in [-0.25, -0.2) is 18.6 Å². The Labute approximate surface area is 141 Å². The monoisotopic (exact) mass is 354 g/mol. The molecule has 0 aliphatic rings. The molecule has 1 aromatic carbocycles. The molecule has 8 heteroatoms. The summed E-state index contributed by atoms with van der Waals surface area (Å²) in [6.07, 6.45) is 1.41. The van der Waals surface area contributed by atoms with E-state index in [1.165, 1.54) is 31.3 Å². The summed E-state index contributed by atoms with van der Waals surface area (Å²) in [7, 11) is 0. The fourth-order valence-corrected chi connectivity index (χ4v) is 2.16. The molecule has 0 saturated heterocycles. The van der Waals surface area contributed by atoms with Crippen LogP contribution in [0.2, 0.25) is 5.15 Å². The number of carbonyl (C=O) groups is 2. The van der Waals surface area contributed by atoms with Crippen LogP contribution in [0, 0.1) is 11.6 Å². The maximum absolute atomic E-state index is 13.6. The van der Waals surface area contributed by atoms with E-state index in [-0.39, 0.29) is 16.3 Å². The molecule has 1 atom stereocenters. The van der Waals surface area contributed by atoms with Crippen molar-refractivity contribution < 1.29 is 23.1 Å². The zero-order valence-corrected chi connectivity index (χ0v) is 13.3. The lowest BCUT2D eigenvalue weighted by Gasteiger charge is -2.15. The highest BCUT2D eigenvalue weighted by Crippen LogP contribution is 2.17. The third-order valence-electron chi connectivity index (χ3n) is 3.12. The van der Waals surface area contributed by atoms with Gasteiger partial charge in [0.2, 0.25) is 0 Å². The first-order chi connectivity index (χ1) is 11.4. The summed E-state index contributed by atoms with van der Waals surface area (Å²) >= 11 is 5.74. The maximum atomic E-state index is 13.6. The number of amides is 1. The Bertz CT molecular complexity index is 771. The summed E-state index contributed by atoms with van der Waals surface area (Å²) in [5.41, 5.74) is 0.149. The van der Waals surface area contributed by atoms with Gasteiger partial charge in [-0.15, -0.1) is 0 Å². The normalized spacial score (nSPS) is 11.7. The summed E-state index contributed by atoms with van der Waals surface area (Å²) in [6.45, 7) is 0.950. The van der Waals surface area contributed by atoms with E-state index in [1.54, 1.807) is 0 Å². The molecule has 0 aliphatic carbocycles. The van der Waals surface area contributed by atoms with Crippen LogP contribution in [0.4, 0.5) is 8.78 Å². The molecule has 1 N–H and O–H groups in total. The summed E-state index contributed by atoms with van der Waals surface area (Å²) in [6, 6.07) is 5.23. The van der Waals surface area contributed by atoms with Crippen LogP contribution >= 0.6 is 11.6 Å². The van der Waals surface area contributed by atoms with Crippen LogP contribution in [0.5, 0.6) is 0 Å². The molecule has 0 radical (unpaired) electrons. The number of ether oxygens (including phenoxy) is 1. The molecular weight excluding hydrogens is 342 g/mol. The SMILES string of the molecule is C[C@H](NC(=O)COC(=O)c1cccnc1Cl)c1ccc(F)cc1F. The molecular formula is C16H13ClF2N2O3. The van der Waals surface area contributed by atoms with Crippen molar-refractivity contribution in [3.63, 3.8) is 0 Å². The van der Waals surface area contributed by atoms with E-state index in [4.69, 9.17) is 16.3 Å². The van der Waals surface area contributed by atoms with Crippen molar-refractivity contribution in [1.29, 1.82) is 0 Å². The Morgan fingerprint density at radius 3 is 2.75 bits per heavy atom. The quantitative estimate of drug-likeness (QED) is 0.662. The second-order valence-electron chi connectivity index (χ2n) is 4.87. The largest absolute Gasteiger partial charge is 0.452 e. The minimum atomic E-state index is -0.802. The third kappa shape index (κ3) is 4.48. The van der Waals surface area contributed by atoms with Gasteiger partial charge in [-0.1, -0.05) is 17.7 Å². The molecule has 2 rings (SSSR count). The lowest BCUT2D eigenvalue weighted by molar-refractivity contribution is -0.124. The Hall–Kier alpha value is -2.54. The van der Waals surface area contributed by atoms with E-state index in [9.17, 15) is 18.4 Å². The number of benzene rings is 1. The number of nitrogens with one attached hydrogen (secondary N) is 1. The van der Waals surface area contributed by atoms with Gasteiger partial charge in [0.15, 0.2) is 6.61 Å². The van der Waals surface area contributed by atoms with Crippen LogP contribution in [-0.2, 0) is 9.53 Å². The molecule has 1 amide bonds. The zero-order valence-electron chi connectivity index (χ0n) is 12.6. The number of hydrogen-bond acceptors (Lipinski definition) is 4. The van der Waals surface area contributed by atoms with Crippen LogP contribution < -0.4 is 5.32 Å². The Morgan fingerprint density at radius 2 is 2.08 bits per heavy atom. The molecule has 0 aliphatic heterocycles. The van der Waals surface area contributed by atoms with E-state index in [2.05, 4.69) is 10.3 Å². The topological polar surface area (TPSA) is 68.3 Å². The molecule has 24 heavy (non-hydrogen) atoms. The van der Waals surface area contributed by atoms with Crippen molar-refractivity contribution in [3.05, 3.63) is 64.4 Å². The Morgan fingerprint density at radius 1 is 1.33 bits per heavy atom. The van der Waals surface area contributed by atoms with E-state index >= 15 is 0 Å². The third-order valence-corrected chi connectivity index (χ3v) is 3.42. The lowest BCUT2D eigenvalue weighted by atomic mass is 10.1. The predicted octanol–water partition coefficient (Wildman–Crippen LogP) is 3.05. The van der Waals surface area contributed by atoms with Crippen LogP contribution in [0.1, 0.15) is 28.9 Å². The minimum absolute atomic E-state index is 0.0320. The van der Waals surface area contributed by atoms with Gasteiger partial charge in [0.05, 0.1) is 11.6 Å². The Balaban J connectivity index is 1.91. The van der Waals surface area contributed by atoms with Crippen LogP contribution in [0.25, 0.3) is 0 Å². The number of hydrogen-bond donors (Lipinski definition) is 1. The van der Waals surface area contributed by atoms with Gasteiger partial charge in [0.1, 0.15) is 16.8 Å². The number of aromatic nitrogens is 1. The van der Waals surface area contributed by atoms with Crippen molar-refractivity contribution in [2.75, 3.05) is 6.61 Å². The van der Waals surface area contributed by atoms with Gasteiger partial charge < -0.3 is 10.1 Å². The van der Waals surface area contributed by atoms with Crippen molar-refractivity contribution in [3.8, 4) is 0 Å². The van der Waals surface area contributed by atoms with Crippen molar-refractivity contribution in [1.82, 2.24) is 10.3 Å². The van der Waals surface area contributed by atoms with E-state index in [1.807, 2.05) is 0 Å². The highest BCUT2D eigenvalue weighted by Gasteiger charge is 2.17. The first kappa shape index (κ1) is 17.8. The maximum Gasteiger partial charge on any atom is 0.341 e. The summed E-state index contributed by atoms with van der Waals surface area (Å²) < 4.78 is 31.3. The first-order valence-corrected chi connectivity index (χ1v) is 7.28. The molecule has 0 unspecified atom stereocenters. The second kappa shape index (κ2) is 7.83. The van der Waals surface area contributed by atoms with Crippen LogP contribution in [0.3, 0.4) is 0 Å². The second-order valence-corrected chi connectivity index (χ2v) is 5.23. The fourth-order valence-electron chi connectivity index (χ4n) is 1.96. The lowest BCUT2D eigenvalue weighted by Crippen LogP contribution is -2.31. The molecule has 0 spiro atoms. The molecule has 0 saturated carbocycles. The van der Waals surface area contributed by atoms with Gasteiger partial charge in [-0.05, 0) is 25.1 Å². The van der Waals surface area contributed by atoms with Gasteiger partial charge in [-0.3, -0.25) is 4.79 Å². The number of carbonyl (C=O) groups excluding carboxylic acids is 2. The number of esters is 1. The van der Waals surface area contributed by atoms with Crippen molar-refractivity contribution in [2.45, 2.75) is 13.0 Å². The average molecular weight is 355 g/mol. The standard InChI is InChI=1S/C16H13ClF2N2O3/c1-9(11-5-4-10(18)7-13(11)19)21-14(22)8-24-16(23)12-3-2-6-20-15(12)17/h2-7,9H,8H2,1H3,(H,21,22)/t9-/m0/s1. The van der Waals surface area contributed by atoms with E-state index < -0.39 is 36.2 Å². The minimum Gasteiger partial charge on any atom is -0.452 e. The number of nitrogens with zero attached hydrogens (tertiary/aromatic N) is 1. The predicted molar refractivity (Wildman–Crippen MR) is 82.4 cm³/mol. The molecule has 5 nitrogen and oxygen atoms in total. The van der Waals surface area contributed by atoms with E-state index in [0.717, 1.165) is 12.1 Å². The number of halogens is 3. The van der Waals surface area contributed by atoms with E-state index in [0.29, 0.717) is 0 Å². The van der Waals surface area contributed by atoms with Gasteiger partial charge >= 0.3 is 5.97 Å². The summed E-state index contributed by atoms with van der Waals surface area (Å²) in [5, 5.41) is 2.41. The molecule has 1 aromatic heterocycles. The van der Waals surface area contributed by atoms with Crippen LogP contribution in [0.15, 0.2) is 36.5 Å². The molecule has 0 bridgehead atoms. The Kier molecular flexibility index (Phi) is 5.81. The highest BCUT2D eigenvalue weighted by atomic mass is 35.5. The first-order valence-electron chi connectivity index (χ1n) is 6.90. The van der Waals surface area contributed by atoms with Gasteiger partial charge in [0.25, 0.3) is 5.91 Å². The van der Waals surface area contributed by atoms with Gasteiger partial charge in [-0.2, -0.15) is 0 Å². The van der Waals surface area contributed by atoms with Crippen molar-refractivity contribution in [2.24, 2.45) is 0 Å². The fraction of sp³-hybridized carbons (Fsp3) is 0.188. The van der Waals surface area contributed by atoms with Gasteiger partial charge in [0, 0.05) is 17.8 Å². The van der Waals surface area contributed by atoms with Crippen LogP contribution in [-0.4, -0.2) is 23.5 Å². The summed E-state index contributed by atoms with van der Waals surface area (Å²) in [5.74, 6) is -2.93. The highest BCUT2D eigenvalue weighted by molar-refractivity contribution is 6.32. The molecule has 0 fully saturated rings. The number of rotatable bonds is 5. The smallest absolute Gasteiger partial charge is 0.341 e. The van der Waals surface area contributed by atoms with Crippen molar-refractivity contribution >= 4 is 23.5 Å².